The van der Waals surface area contributed by atoms with Gasteiger partial charge in [0.15, 0.2) is 0 Å². The van der Waals surface area contributed by atoms with E-state index in [1.165, 1.54) is 18.2 Å². The number of amides is 2. The Morgan fingerprint density at radius 1 is 1.29 bits per heavy atom. The molecule has 1 saturated carbocycles. The lowest BCUT2D eigenvalue weighted by atomic mass is 9.81. The van der Waals surface area contributed by atoms with Gasteiger partial charge >= 0.3 is 12.5 Å². The van der Waals surface area contributed by atoms with Crippen LogP contribution in [0.15, 0.2) is 18.2 Å². The van der Waals surface area contributed by atoms with E-state index in [-0.39, 0.29) is 31.1 Å². The van der Waals surface area contributed by atoms with E-state index in [1.54, 1.807) is 0 Å². The summed E-state index contributed by atoms with van der Waals surface area (Å²) in [5, 5.41) is 21.4. The molecule has 3 N–H and O–H groups in total. The highest BCUT2D eigenvalue weighted by Crippen LogP contribution is 2.36. The second-order valence-electron chi connectivity index (χ2n) is 7.01. The van der Waals surface area contributed by atoms with Gasteiger partial charge in [-0.1, -0.05) is 6.07 Å². The molecule has 0 spiro atoms. The van der Waals surface area contributed by atoms with Crippen molar-refractivity contribution in [3.63, 3.8) is 0 Å². The number of halogens is 3. The van der Waals surface area contributed by atoms with E-state index in [1.807, 2.05) is 5.32 Å². The van der Waals surface area contributed by atoms with Crippen LogP contribution in [0, 0.1) is 5.82 Å². The van der Waals surface area contributed by atoms with E-state index in [0.29, 0.717) is 18.4 Å². The van der Waals surface area contributed by atoms with E-state index in [2.05, 4.69) is 0 Å². The fourth-order valence-corrected chi connectivity index (χ4v) is 3.56. The van der Waals surface area contributed by atoms with Gasteiger partial charge in [-0.25, -0.2) is 9.18 Å². The van der Waals surface area contributed by atoms with Crippen molar-refractivity contribution in [2.24, 2.45) is 0 Å². The summed E-state index contributed by atoms with van der Waals surface area (Å²) < 4.78 is 44.0. The number of aliphatic hydroxyl groups excluding tert-OH is 2. The lowest BCUT2D eigenvalue weighted by Gasteiger charge is -2.30. The van der Waals surface area contributed by atoms with Crippen LogP contribution < -0.4 is 10.2 Å². The Hall–Kier alpha value is -2.33. The first-order valence-electron chi connectivity index (χ1n) is 8.96. The number of cyclic esters (lactones) is 1. The summed E-state index contributed by atoms with van der Waals surface area (Å²) >= 11 is 0. The molecule has 4 atom stereocenters. The molecule has 0 aromatic heterocycles. The van der Waals surface area contributed by atoms with Gasteiger partial charge in [0.2, 0.25) is 0 Å². The monoisotopic (exact) mass is 402 g/mol. The van der Waals surface area contributed by atoms with Crippen LogP contribution in [0.3, 0.4) is 0 Å². The Morgan fingerprint density at radius 2 is 2.04 bits per heavy atom. The zero-order valence-corrected chi connectivity index (χ0v) is 14.9. The molecule has 2 fully saturated rings. The van der Waals surface area contributed by atoms with Gasteiger partial charge < -0.3 is 20.3 Å². The normalized spacial score (nSPS) is 27.8. The van der Waals surface area contributed by atoms with E-state index < -0.39 is 42.6 Å². The number of nitrogens with zero attached hydrogens (tertiary/aromatic N) is 1. The third kappa shape index (κ3) is 4.39. The minimum absolute atomic E-state index is 0.0184. The second kappa shape index (κ2) is 8.36. The largest absolute Gasteiger partial charge is 0.442 e. The van der Waals surface area contributed by atoms with Crippen molar-refractivity contribution < 1.29 is 37.7 Å². The average molecular weight is 402 g/mol. The summed E-state index contributed by atoms with van der Waals surface area (Å²) in [6, 6.07) is 4.24. The van der Waals surface area contributed by atoms with Gasteiger partial charge in [-0.2, -0.15) is 8.78 Å². The molecule has 1 aromatic carbocycles. The molecule has 10 heteroatoms. The van der Waals surface area contributed by atoms with Crippen molar-refractivity contribution in [3.05, 3.63) is 29.6 Å². The number of hydrogen-bond donors (Lipinski definition) is 3. The van der Waals surface area contributed by atoms with Crippen molar-refractivity contribution in [1.82, 2.24) is 5.32 Å². The van der Waals surface area contributed by atoms with E-state index >= 15 is 0 Å². The molecule has 2 amide bonds. The predicted molar refractivity (Wildman–Crippen MR) is 91.6 cm³/mol. The summed E-state index contributed by atoms with van der Waals surface area (Å²) in [4.78, 5) is 24.1. The number of rotatable bonds is 5. The molecular weight excluding hydrogens is 381 g/mol. The molecule has 7 nitrogen and oxygen atoms in total. The third-order valence-electron chi connectivity index (χ3n) is 5.09. The molecule has 4 unspecified atom stereocenters. The van der Waals surface area contributed by atoms with Crippen molar-refractivity contribution in [3.8, 4) is 0 Å². The summed E-state index contributed by atoms with van der Waals surface area (Å²) in [7, 11) is 0. The number of aliphatic hydroxyl groups is 2. The van der Waals surface area contributed by atoms with Gasteiger partial charge in [0, 0.05) is 0 Å². The van der Waals surface area contributed by atoms with Crippen molar-refractivity contribution in [2.45, 2.75) is 49.9 Å². The first-order valence-corrected chi connectivity index (χ1v) is 8.96. The molecule has 1 heterocycles. The van der Waals surface area contributed by atoms with Crippen LogP contribution in [0.5, 0.6) is 0 Å². The molecule has 1 aliphatic heterocycles. The van der Waals surface area contributed by atoms with E-state index in [9.17, 15) is 33.0 Å². The first kappa shape index (κ1) is 20.4. The number of hydrogen-bond acceptors (Lipinski definition) is 5. The van der Waals surface area contributed by atoms with Crippen LogP contribution >= 0.6 is 0 Å². The first-order chi connectivity index (χ1) is 13.3. The molecule has 0 radical (unpaired) electrons. The molecule has 2 aliphatic rings. The van der Waals surface area contributed by atoms with E-state index in [0.717, 1.165) is 4.90 Å². The SMILES string of the molecule is O=C(NCC1CN(c2ccc(C3CCC(O)C(O)C3)c(F)c2)C(=O)O1)C(F)F. The van der Waals surface area contributed by atoms with Gasteiger partial charge in [-0.05, 0) is 42.9 Å². The number of carbonyl (C=O) groups excluding carboxylic acids is 2. The number of carbonyl (C=O) groups is 2. The van der Waals surface area contributed by atoms with Crippen LogP contribution in [0.1, 0.15) is 30.7 Å². The van der Waals surface area contributed by atoms with Crippen LogP contribution in [0.25, 0.3) is 0 Å². The number of benzene rings is 1. The smallest absolute Gasteiger partial charge is 0.414 e. The summed E-state index contributed by atoms with van der Waals surface area (Å²) in [5.74, 6) is -2.24. The standard InChI is InChI=1S/C18H21F3N2O5/c19-13-6-10(2-3-12(13)9-1-4-14(24)15(25)5-9)23-8-11(28-18(23)27)7-22-17(26)16(20)21/h2-3,6,9,11,14-16,24-25H,1,4-5,7-8H2,(H,22,26). The van der Waals surface area contributed by atoms with Crippen molar-refractivity contribution in [1.29, 1.82) is 0 Å². The average Bonchev–Trinajstić information content (AvgIpc) is 3.02. The van der Waals surface area contributed by atoms with Crippen molar-refractivity contribution in [2.75, 3.05) is 18.0 Å². The fraction of sp³-hybridized carbons (Fsp3) is 0.556. The van der Waals surface area contributed by atoms with Crippen LogP contribution in [-0.4, -0.2) is 60.0 Å². The Labute approximate surface area is 159 Å². The number of alkyl halides is 2. The summed E-state index contributed by atoms with van der Waals surface area (Å²) in [6.45, 7) is -0.288. The highest BCUT2D eigenvalue weighted by atomic mass is 19.3. The highest BCUT2D eigenvalue weighted by Gasteiger charge is 2.34. The van der Waals surface area contributed by atoms with Crippen LogP contribution in [0.2, 0.25) is 0 Å². The maximum absolute atomic E-state index is 14.6. The Balaban J connectivity index is 1.65. The highest BCUT2D eigenvalue weighted by molar-refractivity contribution is 5.90. The minimum atomic E-state index is -3.16. The predicted octanol–water partition coefficient (Wildman–Crippen LogP) is 1.52. The molecular formula is C18H21F3N2O5. The quantitative estimate of drug-likeness (QED) is 0.694. The zero-order valence-electron chi connectivity index (χ0n) is 14.9. The number of anilines is 1. The molecule has 28 heavy (non-hydrogen) atoms. The van der Waals surface area contributed by atoms with Gasteiger partial charge in [-0.15, -0.1) is 0 Å². The van der Waals surface area contributed by atoms with Gasteiger partial charge in [0.05, 0.1) is 31.0 Å². The van der Waals surface area contributed by atoms with Crippen molar-refractivity contribution >= 4 is 17.7 Å². The molecule has 3 rings (SSSR count). The van der Waals surface area contributed by atoms with Gasteiger partial charge in [0.1, 0.15) is 11.9 Å². The molecule has 1 saturated heterocycles. The zero-order chi connectivity index (χ0) is 20.4. The van der Waals surface area contributed by atoms with Gasteiger partial charge in [0.25, 0.3) is 5.91 Å². The summed E-state index contributed by atoms with van der Waals surface area (Å²) in [6.07, 6.45) is -5.31. The van der Waals surface area contributed by atoms with Crippen LogP contribution in [-0.2, 0) is 9.53 Å². The van der Waals surface area contributed by atoms with Crippen LogP contribution in [0.4, 0.5) is 23.7 Å². The number of ether oxygens (including phenoxy) is 1. The second-order valence-corrected chi connectivity index (χ2v) is 7.01. The maximum atomic E-state index is 14.6. The molecule has 1 aromatic rings. The Bertz CT molecular complexity index is 748. The maximum Gasteiger partial charge on any atom is 0.414 e. The fourth-order valence-electron chi connectivity index (χ4n) is 3.56. The topological polar surface area (TPSA) is 99.1 Å². The Kier molecular flexibility index (Phi) is 6.09. The lowest BCUT2D eigenvalue weighted by molar-refractivity contribution is -0.132. The molecule has 1 aliphatic carbocycles. The lowest BCUT2D eigenvalue weighted by Crippen LogP contribution is -2.37. The number of nitrogens with one attached hydrogen (secondary N) is 1. The third-order valence-corrected chi connectivity index (χ3v) is 5.09. The molecule has 0 bridgehead atoms. The van der Waals surface area contributed by atoms with E-state index in [4.69, 9.17) is 4.74 Å². The molecule has 154 valence electrons. The van der Waals surface area contributed by atoms with Gasteiger partial charge in [-0.3, -0.25) is 9.69 Å². The minimum Gasteiger partial charge on any atom is -0.442 e. The summed E-state index contributed by atoms with van der Waals surface area (Å²) in [5.41, 5.74) is 0.633. The Morgan fingerprint density at radius 3 is 2.68 bits per heavy atom.